The van der Waals surface area contributed by atoms with Crippen molar-refractivity contribution < 1.29 is 0 Å². The van der Waals surface area contributed by atoms with E-state index in [9.17, 15) is 0 Å². The molecule has 3 heteroatoms. The minimum Gasteiger partial charge on any atom is -0.0836 e. The van der Waals surface area contributed by atoms with Gasteiger partial charge in [-0.3, -0.25) is 0 Å². The standard InChI is InChI=1S/C14H5Cl3/c15-8-5-6-11-12(7-8)14(17)10-4-2-1-3-9(10)13(11)16/h1,3-4,6-7H. The molecule has 0 saturated heterocycles. The Hall–Kier alpha value is -0.950. The van der Waals surface area contributed by atoms with E-state index in [4.69, 9.17) is 34.8 Å². The smallest absolute Gasteiger partial charge is 0.0564 e. The highest BCUT2D eigenvalue weighted by Crippen LogP contribution is 2.39. The van der Waals surface area contributed by atoms with E-state index in [1.165, 1.54) is 0 Å². The largest absolute Gasteiger partial charge is 0.0836 e. The molecule has 0 nitrogen and oxygen atoms in total. The lowest BCUT2D eigenvalue weighted by molar-refractivity contribution is 1.74. The fourth-order valence-electron chi connectivity index (χ4n) is 1.92. The minimum absolute atomic E-state index is 0.523. The van der Waals surface area contributed by atoms with Crippen molar-refractivity contribution in [1.29, 1.82) is 0 Å². The van der Waals surface area contributed by atoms with Crippen LogP contribution in [0.3, 0.4) is 0 Å². The summed E-state index contributed by atoms with van der Waals surface area (Å²) in [7, 11) is 0. The van der Waals surface area contributed by atoms with E-state index in [2.05, 4.69) is 12.1 Å². The molecule has 0 N–H and O–H groups in total. The van der Waals surface area contributed by atoms with Gasteiger partial charge in [-0.15, -0.1) is 0 Å². The summed E-state index contributed by atoms with van der Waals surface area (Å²) in [5, 5.41) is 5.34. The van der Waals surface area contributed by atoms with Crippen molar-refractivity contribution in [2.24, 2.45) is 0 Å². The third-order valence-electron chi connectivity index (χ3n) is 2.73. The molecule has 0 fully saturated rings. The van der Waals surface area contributed by atoms with E-state index in [1.54, 1.807) is 12.1 Å². The van der Waals surface area contributed by atoms with Gasteiger partial charge in [0.05, 0.1) is 10.0 Å². The van der Waals surface area contributed by atoms with Gasteiger partial charge in [0.1, 0.15) is 0 Å². The van der Waals surface area contributed by atoms with Gasteiger partial charge >= 0.3 is 0 Å². The second-order valence-electron chi connectivity index (χ2n) is 3.71. The summed E-state index contributed by atoms with van der Waals surface area (Å²) in [5.41, 5.74) is 0. The molecule has 0 amide bonds. The maximum Gasteiger partial charge on any atom is 0.0564 e. The molecule has 0 aliphatic heterocycles. The molecule has 3 aromatic rings. The Bertz CT molecular complexity index is 732. The number of fused-ring (bicyclic) bond motifs is 2. The number of halogens is 3. The first-order chi connectivity index (χ1) is 8.18. The van der Waals surface area contributed by atoms with Crippen LogP contribution in [0.2, 0.25) is 15.1 Å². The molecule has 0 aliphatic carbocycles. The Morgan fingerprint density at radius 2 is 1.53 bits per heavy atom. The monoisotopic (exact) mass is 278 g/mol. The normalized spacial score (nSPS) is 11.2. The summed E-state index contributed by atoms with van der Waals surface area (Å²) in [4.78, 5) is 0. The molecule has 0 atom stereocenters. The molecule has 0 aromatic heterocycles. The van der Waals surface area contributed by atoms with E-state index in [-0.39, 0.29) is 0 Å². The van der Waals surface area contributed by atoms with Gasteiger partial charge in [0.15, 0.2) is 0 Å². The van der Waals surface area contributed by atoms with Gasteiger partial charge in [-0.2, -0.15) is 0 Å². The Morgan fingerprint density at radius 1 is 0.824 bits per heavy atom. The predicted molar refractivity (Wildman–Crippen MR) is 74.2 cm³/mol. The molecule has 0 unspecified atom stereocenters. The fraction of sp³-hybridized carbons (Fsp3) is 0. The summed E-state index contributed by atoms with van der Waals surface area (Å²) < 4.78 is 0. The van der Waals surface area contributed by atoms with E-state index >= 15 is 0 Å². The molecule has 0 aliphatic rings. The zero-order valence-electron chi connectivity index (χ0n) is 8.52. The molecule has 0 bridgehead atoms. The highest BCUT2D eigenvalue weighted by atomic mass is 35.5. The summed E-state index contributed by atoms with van der Waals surface area (Å²) in [6, 6.07) is 15.0. The SMILES string of the molecule is Clc1[c]cc2c(Cl)c3cc[c]cc3c(Cl)c2c1. The molecule has 17 heavy (non-hydrogen) atoms. The molecular weight excluding hydrogens is 275 g/mol. The van der Waals surface area contributed by atoms with Crippen LogP contribution in [0.15, 0.2) is 30.3 Å². The lowest BCUT2D eigenvalue weighted by atomic mass is 10.0. The zero-order valence-corrected chi connectivity index (χ0v) is 10.8. The van der Waals surface area contributed by atoms with Gasteiger partial charge in [0.25, 0.3) is 0 Å². The molecule has 2 radical (unpaired) electrons. The van der Waals surface area contributed by atoms with Crippen molar-refractivity contribution in [3.63, 3.8) is 0 Å². The molecule has 3 rings (SSSR count). The lowest BCUT2D eigenvalue weighted by Gasteiger charge is -2.08. The first-order valence-electron chi connectivity index (χ1n) is 4.96. The van der Waals surface area contributed by atoms with Crippen LogP contribution < -0.4 is 0 Å². The first kappa shape index (κ1) is 11.2. The van der Waals surface area contributed by atoms with E-state index < -0.39 is 0 Å². The number of benzene rings is 3. The zero-order chi connectivity index (χ0) is 12.0. The fourth-order valence-corrected chi connectivity index (χ4v) is 2.72. The third kappa shape index (κ3) is 1.68. The average molecular weight is 280 g/mol. The molecular formula is C14H5Cl3. The van der Waals surface area contributed by atoms with Crippen LogP contribution in [0.25, 0.3) is 21.5 Å². The van der Waals surface area contributed by atoms with E-state index in [0.29, 0.717) is 15.1 Å². The number of rotatable bonds is 0. The van der Waals surface area contributed by atoms with Crippen molar-refractivity contribution in [3.05, 3.63) is 57.5 Å². The second-order valence-corrected chi connectivity index (χ2v) is 4.87. The molecule has 0 spiro atoms. The van der Waals surface area contributed by atoms with Gasteiger partial charge in [0, 0.05) is 32.6 Å². The quantitative estimate of drug-likeness (QED) is 0.473. The summed E-state index contributed by atoms with van der Waals surface area (Å²) >= 11 is 18.7. The topological polar surface area (TPSA) is 0 Å². The molecule has 3 aromatic carbocycles. The van der Waals surface area contributed by atoms with Gasteiger partial charge in [-0.05, 0) is 24.3 Å². The van der Waals surface area contributed by atoms with Gasteiger partial charge in [-0.1, -0.05) is 46.9 Å². The number of hydrogen-bond donors (Lipinski definition) is 0. The third-order valence-corrected chi connectivity index (χ3v) is 3.76. The Labute approximate surface area is 114 Å². The number of hydrogen-bond acceptors (Lipinski definition) is 0. The van der Waals surface area contributed by atoms with Crippen LogP contribution >= 0.6 is 34.8 Å². The van der Waals surface area contributed by atoms with Crippen molar-refractivity contribution in [1.82, 2.24) is 0 Å². The average Bonchev–Trinajstić information content (AvgIpc) is 2.36. The maximum atomic E-state index is 6.37. The summed E-state index contributed by atoms with van der Waals surface area (Å²) in [6.45, 7) is 0. The summed E-state index contributed by atoms with van der Waals surface area (Å²) in [6.07, 6.45) is 0. The van der Waals surface area contributed by atoms with Crippen LogP contribution in [-0.4, -0.2) is 0 Å². The van der Waals surface area contributed by atoms with Gasteiger partial charge in [0.2, 0.25) is 0 Å². The first-order valence-corrected chi connectivity index (χ1v) is 6.09. The van der Waals surface area contributed by atoms with Crippen LogP contribution in [0.1, 0.15) is 0 Å². The van der Waals surface area contributed by atoms with Gasteiger partial charge in [-0.25, -0.2) is 0 Å². The van der Waals surface area contributed by atoms with Crippen molar-refractivity contribution >= 4 is 56.3 Å². The summed E-state index contributed by atoms with van der Waals surface area (Å²) in [5.74, 6) is 0. The van der Waals surface area contributed by atoms with Crippen LogP contribution in [0, 0.1) is 12.1 Å². The Kier molecular flexibility index (Phi) is 2.67. The highest BCUT2D eigenvalue weighted by Gasteiger charge is 2.11. The van der Waals surface area contributed by atoms with Crippen molar-refractivity contribution in [2.75, 3.05) is 0 Å². The maximum absolute atomic E-state index is 6.37. The molecule has 0 heterocycles. The van der Waals surface area contributed by atoms with Crippen LogP contribution in [-0.2, 0) is 0 Å². The molecule has 82 valence electrons. The Balaban J connectivity index is 2.63. The predicted octanol–water partition coefficient (Wildman–Crippen LogP) is 5.55. The highest BCUT2D eigenvalue weighted by molar-refractivity contribution is 6.47. The molecule has 0 saturated carbocycles. The van der Waals surface area contributed by atoms with Crippen molar-refractivity contribution in [3.8, 4) is 0 Å². The van der Waals surface area contributed by atoms with Gasteiger partial charge < -0.3 is 0 Å². The minimum atomic E-state index is 0.523. The van der Waals surface area contributed by atoms with Crippen molar-refractivity contribution in [2.45, 2.75) is 0 Å². The lowest BCUT2D eigenvalue weighted by Crippen LogP contribution is -1.82. The Morgan fingerprint density at radius 3 is 2.35 bits per heavy atom. The van der Waals surface area contributed by atoms with Crippen LogP contribution in [0.4, 0.5) is 0 Å². The van der Waals surface area contributed by atoms with Crippen LogP contribution in [0.5, 0.6) is 0 Å². The van der Waals surface area contributed by atoms with E-state index in [1.807, 2.05) is 18.2 Å². The van der Waals surface area contributed by atoms with E-state index in [0.717, 1.165) is 21.5 Å². The second kappa shape index (κ2) is 4.06.